The number of anilines is 1. The van der Waals surface area contributed by atoms with Gasteiger partial charge in [0.15, 0.2) is 5.69 Å². The van der Waals surface area contributed by atoms with Gasteiger partial charge in [-0.1, -0.05) is 18.2 Å². The number of ether oxygens (including phenoxy) is 1. The van der Waals surface area contributed by atoms with Crippen molar-refractivity contribution in [2.75, 3.05) is 24.5 Å². The molecule has 24 heavy (non-hydrogen) atoms. The molecule has 1 N–H and O–H groups in total. The van der Waals surface area contributed by atoms with Gasteiger partial charge in [-0.15, -0.1) is 0 Å². The third kappa shape index (κ3) is 3.63. The summed E-state index contributed by atoms with van der Waals surface area (Å²) in [6.07, 6.45) is 0. The molecule has 0 spiro atoms. The van der Waals surface area contributed by atoms with E-state index in [0.29, 0.717) is 17.5 Å². The third-order valence-electron chi connectivity index (χ3n) is 4.05. The summed E-state index contributed by atoms with van der Waals surface area (Å²) in [6.45, 7) is 11.9. The van der Waals surface area contributed by atoms with Crippen molar-refractivity contribution < 1.29 is 9.13 Å². The molecule has 2 aromatic rings. The number of hydrogen-bond donors (Lipinski definition) is 1. The SMILES string of the molecule is [C-]#[N+]c1ccc(COc2cccc(N3CCNC[C@H]3C)n2)c(F)c1. The first-order chi connectivity index (χ1) is 11.7. The number of nitrogens with one attached hydrogen (secondary N) is 1. The summed E-state index contributed by atoms with van der Waals surface area (Å²) in [5.74, 6) is 0.896. The highest BCUT2D eigenvalue weighted by molar-refractivity contribution is 5.46. The van der Waals surface area contributed by atoms with E-state index >= 15 is 0 Å². The van der Waals surface area contributed by atoms with Gasteiger partial charge in [-0.25, -0.2) is 9.24 Å². The zero-order chi connectivity index (χ0) is 16.9. The Morgan fingerprint density at radius 1 is 1.42 bits per heavy atom. The van der Waals surface area contributed by atoms with Crippen LogP contribution in [0.25, 0.3) is 4.85 Å². The number of piperazine rings is 1. The van der Waals surface area contributed by atoms with Gasteiger partial charge >= 0.3 is 0 Å². The highest BCUT2D eigenvalue weighted by atomic mass is 19.1. The summed E-state index contributed by atoms with van der Waals surface area (Å²) in [6, 6.07) is 10.4. The predicted octanol–water partition coefficient (Wildman–Crippen LogP) is 3.15. The molecule has 0 unspecified atom stereocenters. The van der Waals surface area contributed by atoms with E-state index in [2.05, 4.69) is 27.0 Å². The van der Waals surface area contributed by atoms with Crippen LogP contribution in [-0.2, 0) is 6.61 Å². The van der Waals surface area contributed by atoms with E-state index in [9.17, 15) is 4.39 Å². The van der Waals surface area contributed by atoms with Crippen LogP contribution in [0, 0.1) is 12.4 Å². The van der Waals surface area contributed by atoms with Crippen LogP contribution in [0.2, 0.25) is 0 Å². The lowest BCUT2D eigenvalue weighted by Crippen LogP contribution is -2.50. The molecule has 0 radical (unpaired) electrons. The second-order valence-corrected chi connectivity index (χ2v) is 5.76. The second-order valence-electron chi connectivity index (χ2n) is 5.76. The van der Waals surface area contributed by atoms with Gasteiger partial charge in [-0.2, -0.15) is 4.98 Å². The number of hydrogen-bond acceptors (Lipinski definition) is 4. The van der Waals surface area contributed by atoms with Crippen LogP contribution in [0.3, 0.4) is 0 Å². The molecule has 0 amide bonds. The van der Waals surface area contributed by atoms with Crippen molar-refractivity contribution in [3.63, 3.8) is 0 Å². The Kier molecular flexibility index (Phi) is 4.92. The maximum Gasteiger partial charge on any atom is 0.215 e. The highest BCUT2D eigenvalue weighted by Gasteiger charge is 2.19. The molecule has 5 nitrogen and oxygen atoms in total. The monoisotopic (exact) mass is 326 g/mol. The van der Waals surface area contributed by atoms with Crippen LogP contribution < -0.4 is 15.0 Å². The fraction of sp³-hybridized carbons (Fsp3) is 0.333. The molecule has 3 rings (SSSR count). The van der Waals surface area contributed by atoms with Crippen LogP contribution in [0.15, 0.2) is 36.4 Å². The fourth-order valence-corrected chi connectivity index (χ4v) is 2.70. The minimum atomic E-state index is -0.435. The van der Waals surface area contributed by atoms with Gasteiger partial charge in [0, 0.05) is 37.3 Å². The fourth-order valence-electron chi connectivity index (χ4n) is 2.70. The summed E-state index contributed by atoms with van der Waals surface area (Å²) in [5, 5.41) is 3.35. The molecule has 1 aliphatic rings. The molecule has 1 saturated heterocycles. The van der Waals surface area contributed by atoms with Gasteiger partial charge in [-0.05, 0) is 19.1 Å². The van der Waals surface area contributed by atoms with E-state index in [1.54, 1.807) is 18.2 Å². The van der Waals surface area contributed by atoms with Gasteiger partial charge < -0.3 is 15.0 Å². The lowest BCUT2D eigenvalue weighted by Gasteiger charge is -2.34. The van der Waals surface area contributed by atoms with E-state index < -0.39 is 5.82 Å². The minimum Gasteiger partial charge on any atom is -0.473 e. The molecule has 1 fully saturated rings. The molecule has 0 saturated carbocycles. The first-order valence-corrected chi connectivity index (χ1v) is 7.90. The molecular formula is C18H19FN4O. The molecular weight excluding hydrogens is 307 g/mol. The summed E-state index contributed by atoms with van der Waals surface area (Å²) >= 11 is 0. The van der Waals surface area contributed by atoms with Gasteiger partial charge in [0.1, 0.15) is 18.2 Å². The molecule has 0 aliphatic carbocycles. The van der Waals surface area contributed by atoms with Gasteiger partial charge in [-0.3, -0.25) is 0 Å². The maximum atomic E-state index is 13.9. The number of benzene rings is 1. The van der Waals surface area contributed by atoms with E-state index in [-0.39, 0.29) is 12.3 Å². The standard InChI is InChI=1S/C18H19FN4O/c1-13-11-21-8-9-23(13)17-4-3-5-18(22-17)24-12-14-6-7-15(20-2)10-16(14)19/h3-7,10,13,21H,8-9,11-12H2,1H3/t13-/m1/s1. The Labute approximate surface area is 140 Å². The Balaban J connectivity index is 1.70. The molecule has 1 aromatic heterocycles. The van der Waals surface area contributed by atoms with Crippen molar-refractivity contribution in [1.82, 2.24) is 10.3 Å². The van der Waals surface area contributed by atoms with Crippen LogP contribution in [0.1, 0.15) is 12.5 Å². The number of halogens is 1. The van der Waals surface area contributed by atoms with Gasteiger partial charge in [0.2, 0.25) is 5.88 Å². The summed E-state index contributed by atoms with van der Waals surface area (Å²) in [5.41, 5.74) is 0.689. The lowest BCUT2D eigenvalue weighted by atomic mass is 10.2. The summed E-state index contributed by atoms with van der Waals surface area (Å²) < 4.78 is 19.5. The van der Waals surface area contributed by atoms with E-state index in [4.69, 9.17) is 11.3 Å². The topological polar surface area (TPSA) is 41.8 Å². The normalized spacial score (nSPS) is 17.4. The molecule has 1 aliphatic heterocycles. The van der Waals surface area contributed by atoms with E-state index in [0.717, 1.165) is 25.5 Å². The molecule has 124 valence electrons. The van der Waals surface area contributed by atoms with Crippen molar-refractivity contribution in [3.8, 4) is 5.88 Å². The molecule has 6 heteroatoms. The summed E-state index contributed by atoms with van der Waals surface area (Å²) in [7, 11) is 0. The maximum absolute atomic E-state index is 13.9. The predicted molar refractivity (Wildman–Crippen MR) is 90.9 cm³/mol. The zero-order valence-corrected chi connectivity index (χ0v) is 13.5. The van der Waals surface area contributed by atoms with Gasteiger partial charge in [0.25, 0.3) is 0 Å². The van der Waals surface area contributed by atoms with Crippen molar-refractivity contribution in [2.24, 2.45) is 0 Å². The first kappa shape index (κ1) is 16.2. The second kappa shape index (κ2) is 7.28. The quantitative estimate of drug-likeness (QED) is 0.877. The Bertz CT molecular complexity index is 759. The number of nitrogens with zero attached hydrogens (tertiary/aromatic N) is 3. The van der Waals surface area contributed by atoms with E-state index in [1.807, 2.05) is 12.1 Å². The van der Waals surface area contributed by atoms with Crippen molar-refractivity contribution in [3.05, 3.63) is 59.2 Å². The highest BCUT2D eigenvalue weighted by Crippen LogP contribution is 2.21. The van der Waals surface area contributed by atoms with Crippen LogP contribution >= 0.6 is 0 Å². The molecule has 1 atom stereocenters. The van der Waals surface area contributed by atoms with Crippen molar-refractivity contribution >= 4 is 11.5 Å². The Hall–Kier alpha value is -2.65. The average Bonchev–Trinajstić information content (AvgIpc) is 2.61. The zero-order valence-electron chi connectivity index (χ0n) is 13.5. The number of aromatic nitrogens is 1. The first-order valence-electron chi connectivity index (χ1n) is 7.90. The number of rotatable bonds is 4. The van der Waals surface area contributed by atoms with E-state index in [1.165, 1.54) is 6.07 Å². The molecule has 2 heterocycles. The lowest BCUT2D eigenvalue weighted by molar-refractivity contribution is 0.288. The Morgan fingerprint density at radius 2 is 2.29 bits per heavy atom. The minimum absolute atomic E-state index is 0.0810. The van der Waals surface area contributed by atoms with Crippen LogP contribution in [-0.4, -0.2) is 30.7 Å². The largest absolute Gasteiger partial charge is 0.473 e. The van der Waals surface area contributed by atoms with Crippen molar-refractivity contribution in [1.29, 1.82) is 0 Å². The average molecular weight is 326 g/mol. The smallest absolute Gasteiger partial charge is 0.215 e. The molecule has 1 aromatic carbocycles. The van der Waals surface area contributed by atoms with Crippen LogP contribution in [0.4, 0.5) is 15.9 Å². The summed E-state index contributed by atoms with van der Waals surface area (Å²) in [4.78, 5) is 9.97. The van der Waals surface area contributed by atoms with Crippen LogP contribution in [0.5, 0.6) is 5.88 Å². The van der Waals surface area contributed by atoms with Crippen molar-refractivity contribution in [2.45, 2.75) is 19.6 Å². The third-order valence-corrected chi connectivity index (χ3v) is 4.05. The Morgan fingerprint density at radius 3 is 3.04 bits per heavy atom. The van der Waals surface area contributed by atoms with Gasteiger partial charge in [0.05, 0.1) is 6.57 Å². The number of pyridine rings is 1. The molecule has 0 bridgehead atoms.